The molecule has 0 saturated heterocycles. The van der Waals surface area contributed by atoms with Crippen molar-refractivity contribution in [2.75, 3.05) is 0 Å². The summed E-state index contributed by atoms with van der Waals surface area (Å²) in [6.45, 7) is 0. The van der Waals surface area contributed by atoms with Crippen LogP contribution in [0.15, 0.2) is 0 Å². The Labute approximate surface area is 158 Å². The van der Waals surface area contributed by atoms with Crippen LogP contribution in [0.25, 0.3) is 0 Å². The summed E-state index contributed by atoms with van der Waals surface area (Å²) in [7, 11) is 0. The van der Waals surface area contributed by atoms with E-state index in [-0.39, 0.29) is 164 Å². The van der Waals surface area contributed by atoms with E-state index in [0.717, 1.165) is 0 Å². The molecule has 0 atom stereocenters. The smallest absolute Gasteiger partial charge is 1.00 e. The standard InChI is InChI=1S/3K.H2O.3H/h;;;1H2;;;/q3*+1;;3*-1. The Morgan fingerprint density at radius 1 is 0.750 bits per heavy atom. The minimum Gasteiger partial charge on any atom is -1.00 e. The fraction of sp³-hybridized carbons (Fsp3) is 0. The van der Waals surface area contributed by atoms with Gasteiger partial charge in [0.05, 0.1) is 0 Å². The van der Waals surface area contributed by atoms with Crippen LogP contribution in [0.2, 0.25) is 0 Å². The third-order valence-corrected chi connectivity index (χ3v) is 0. The average molecular weight is 138 g/mol. The van der Waals surface area contributed by atoms with E-state index in [1.165, 1.54) is 0 Å². The summed E-state index contributed by atoms with van der Waals surface area (Å²) < 4.78 is 0. The minimum atomic E-state index is 0. The topological polar surface area (TPSA) is 31.5 Å². The van der Waals surface area contributed by atoms with E-state index in [9.17, 15) is 0 Å². The maximum atomic E-state index is 0. The van der Waals surface area contributed by atoms with Crippen LogP contribution in [-0.2, 0) is 0 Å². The number of rotatable bonds is 0. The molecule has 0 aromatic heterocycles. The molecule has 0 aromatic carbocycles. The summed E-state index contributed by atoms with van der Waals surface area (Å²) in [6, 6.07) is 0. The maximum Gasteiger partial charge on any atom is 1.00 e. The summed E-state index contributed by atoms with van der Waals surface area (Å²) in [5.41, 5.74) is 0. The van der Waals surface area contributed by atoms with Crippen LogP contribution >= 0.6 is 0 Å². The monoisotopic (exact) mass is 138 g/mol. The molecule has 0 bridgehead atoms. The molecule has 0 aliphatic carbocycles. The molecule has 0 spiro atoms. The third kappa shape index (κ3) is 9.98. The van der Waals surface area contributed by atoms with Crippen molar-refractivity contribution in [3.8, 4) is 0 Å². The van der Waals surface area contributed by atoms with E-state index < -0.39 is 0 Å². The Morgan fingerprint density at radius 3 is 0.750 bits per heavy atom. The zero-order chi connectivity index (χ0) is 0. The van der Waals surface area contributed by atoms with Gasteiger partial charge < -0.3 is 9.76 Å². The van der Waals surface area contributed by atoms with Gasteiger partial charge in [0.2, 0.25) is 0 Å². The van der Waals surface area contributed by atoms with Crippen LogP contribution in [0.4, 0.5) is 0 Å². The molecule has 0 saturated carbocycles. The predicted molar refractivity (Wildman–Crippen MR) is 6.95 cm³/mol. The van der Waals surface area contributed by atoms with E-state index in [1.807, 2.05) is 0 Å². The van der Waals surface area contributed by atoms with Crippen LogP contribution in [0.3, 0.4) is 0 Å². The molecule has 2 N–H and O–H groups in total. The van der Waals surface area contributed by atoms with Gasteiger partial charge in [0, 0.05) is 0 Å². The van der Waals surface area contributed by atoms with Crippen LogP contribution < -0.4 is 154 Å². The van der Waals surface area contributed by atoms with E-state index >= 15 is 0 Å². The average Bonchev–Trinajstić information content (AvgIpc) is 0. The van der Waals surface area contributed by atoms with Gasteiger partial charge in [0.25, 0.3) is 0 Å². The summed E-state index contributed by atoms with van der Waals surface area (Å²) in [5, 5.41) is 0. The molecular formula is H5K3O. The van der Waals surface area contributed by atoms with Gasteiger partial charge >= 0.3 is 154 Å². The van der Waals surface area contributed by atoms with Crippen LogP contribution in [-0.4, -0.2) is 5.48 Å². The second-order valence-electron chi connectivity index (χ2n) is 0. The van der Waals surface area contributed by atoms with Gasteiger partial charge in [0.1, 0.15) is 0 Å². The molecule has 0 heterocycles. The number of hydrogen-bond donors (Lipinski definition) is 0. The Morgan fingerprint density at radius 2 is 0.750 bits per heavy atom. The molecule has 0 fully saturated rings. The molecule has 1 nitrogen and oxygen atoms in total. The molecule has 0 aromatic rings. The van der Waals surface area contributed by atoms with Gasteiger partial charge in [-0.3, -0.25) is 0 Å². The van der Waals surface area contributed by atoms with Crippen LogP contribution in [0, 0.1) is 0 Å². The molecule has 0 unspecified atom stereocenters. The Balaban J connectivity index is 0. The quantitative estimate of drug-likeness (QED) is 0.298. The fourth-order valence-electron chi connectivity index (χ4n) is 0. The van der Waals surface area contributed by atoms with Crippen molar-refractivity contribution in [1.29, 1.82) is 0 Å². The van der Waals surface area contributed by atoms with Gasteiger partial charge in [-0.15, -0.1) is 0 Å². The predicted octanol–water partition coefficient (Wildman–Crippen LogP) is -9.48. The van der Waals surface area contributed by atoms with Crippen molar-refractivity contribution in [2.45, 2.75) is 0 Å². The molecule has 0 aliphatic heterocycles. The molecule has 14 valence electrons. The van der Waals surface area contributed by atoms with Gasteiger partial charge in [-0.05, 0) is 0 Å². The molecule has 0 rings (SSSR count). The Kier molecular flexibility index (Phi) is 90.7. The summed E-state index contributed by atoms with van der Waals surface area (Å²) in [4.78, 5) is 0. The van der Waals surface area contributed by atoms with Crippen molar-refractivity contribution in [3.05, 3.63) is 0 Å². The largest absolute Gasteiger partial charge is 1.00 e. The van der Waals surface area contributed by atoms with E-state index in [0.29, 0.717) is 0 Å². The normalized spacial score (nSPS) is 0. The SMILES string of the molecule is O.[H-].[H-].[H-].[K+].[K+].[K+]. The second kappa shape index (κ2) is 15.7. The van der Waals surface area contributed by atoms with Crippen molar-refractivity contribution >= 4 is 0 Å². The van der Waals surface area contributed by atoms with Crippen molar-refractivity contribution in [1.82, 2.24) is 0 Å². The first-order valence-electron chi connectivity index (χ1n) is 0. The van der Waals surface area contributed by atoms with Crippen molar-refractivity contribution in [3.63, 3.8) is 0 Å². The van der Waals surface area contributed by atoms with E-state index in [2.05, 4.69) is 0 Å². The molecular weight excluding hydrogens is 133 g/mol. The Bertz CT molecular complexity index is 10.1. The summed E-state index contributed by atoms with van der Waals surface area (Å²) in [5.74, 6) is 0. The number of hydrogen-bond acceptors (Lipinski definition) is 0. The van der Waals surface area contributed by atoms with Crippen molar-refractivity contribution < 1.29 is 164 Å². The molecule has 0 aliphatic rings. The van der Waals surface area contributed by atoms with Crippen LogP contribution in [0.5, 0.6) is 0 Å². The first kappa shape index (κ1) is 23.2. The van der Waals surface area contributed by atoms with E-state index in [1.54, 1.807) is 0 Å². The van der Waals surface area contributed by atoms with Gasteiger partial charge in [-0.2, -0.15) is 0 Å². The van der Waals surface area contributed by atoms with Crippen molar-refractivity contribution in [2.24, 2.45) is 0 Å². The minimum absolute atomic E-state index is 0. The molecule has 4 heteroatoms. The summed E-state index contributed by atoms with van der Waals surface area (Å²) >= 11 is 0. The zero-order valence-electron chi connectivity index (χ0n) is 6.50. The van der Waals surface area contributed by atoms with Crippen LogP contribution in [0.1, 0.15) is 4.28 Å². The molecule has 0 amide bonds. The Hall–Kier alpha value is 4.87. The van der Waals surface area contributed by atoms with Gasteiger partial charge in [-0.25, -0.2) is 0 Å². The first-order valence-corrected chi connectivity index (χ1v) is 0. The molecule has 0 radical (unpaired) electrons. The summed E-state index contributed by atoms with van der Waals surface area (Å²) in [6.07, 6.45) is 0. The first-order chi connectivity index (χ1) is 0. The van der Waals surface area contributed by atoms with Gasteiger partial charge in [-0.1, -0.05) is 0 Å². The van der Waals surface area contributed by atoms with Gasteiger partial charge in [0.15, 0.2) is 0 Å². The maximum absolute atomic E-state index is 0. The second-order valence-corrected chi connectivity index (χ2v) is 0. The third-order valence-electron chi connectivity index (χ3n) is 0. The molecule has 4 heavy (non-hydrogen) atoms. The fourth-order valence-corrected chi connectivity index (χ4v) is 0. The van der Waals surface area contributed by atoms with E-state index in [4.69, 9.17) is 0 Å². The zero-order valence-corrected chi connectivity index (χ0v) is 12.9.